The summed E-state index contributed by atoms with van der Waals surface area (Å²) in [5.41, 5.74) is 3.83. The van der Waals surface area contributed by atoms with Crippen LogP contribution in [0.25, 0.3) is 5.57 Å². The average molecular weight is 421 g/mol. The molecule has 0 fully saturated rings. The van der Waals surface area contributed by atoms with Crippen molar-refractivity contribution in [2.75, 3.05) is 23.3 Å². The van der Waals surface area contributed by atoms with Gasteiger partial charge in [0.2, 0.25) is 0 Å². The molecule has 0 bridgehead atoms. The van der Waals surface area contributed by atoms with Crippen LogP contribution < -0.4 is 10.2 Å². The van der Waals surface area contributed by atoms with E-state index in [-0.39, 0.29) is 5.56 Å². The zero-order valence-corrected chi connectivity index (χ0v) is 17.2. The number of rotatable bonds is 5. The van der Waals surface area contributed by atoms with Crippen molar-refractivity contribution in [3.8, 4) is 0 Å². The molecular formula is C23H20FN3O2S. The van der Waals surface area contributed by atoms with E-state index >= 15 is 0 Å². The molecule has 4 rings (SSSR count). The molecule has 5 nitrogen and oxygen atoms in total. The van der Waals surface area contributed by atoms with Crippen molar-refractivity contribution >= 4 is 39.9 Å². The summed E-state index contributed by atoms with van der Waals surface area (Å²) >= 11 is 1.57. The number of hydrogen-bond acceptors (Lipinski definition) is 5. The number of hydrogen-bond donors (Lipinski definition) is 1. The first-order valence-corrected chi connectivity index (χ1v) is 10.4. The third-order valence-electron chi connectivity index (χ3n) is 5.16. The Hall–Kier alpha value is -3.32. The van der Waals surface area contributed by atoms with Crippen LogP contribution in [-0.2, 0) is 4.79 Å². The maximum absolute atomic E-state index is 14.0. The number of aldehydes is 1. The zero-order chi connectivity index (χ0) is 21.1. The monoisotopic (exact) mass is 421 g/mol. The first-order valence-electron chi connectivity index (χ1n) is 9.55. The Morgan fingerprint density at radius 3 is 2.70 bits per heavy atom. The lowest BCUT2D eigenvalue weighted by Gasteiger charge is -2.29. The highest BCUT2D eigenvalue weighted by atomic mass is 32.1. The van der Waals surface area contributed by atoms with Gasteiger partial charge in [-0.05, 0) is 53.8 Å². The first-order chi connectivity index (χ1) is 14.6. The quantitative estimate of drug-likeness (QED) is 0.607. The Morgan fingerprint density at radius 2 is 2.03 bits per heavy atom. The van der Waals surface area contributed by atoms with Gasteiger partial charge in [-0.15, -0.1) is 11.3 Å². The third-order valence-corrected chi connectivity index (χ3v) is 5.99. The normalized spacial score (nSPS) is 14.0. The fraction of sp³-hybridized carbons (Fsp3) is 0.174. The predicted octanol–water partition coefficient (Wildman–Crippen LogP) is 4.71. The van der Waals surface area contributed by atoms with E-state index < -0.39 is 11.7 Å². The van der Waals surface area contributed by atoms with Crippen molar-refractivity contribution in [2.24, 2.45) is 0 Å². The lowest BCUT2D eigenvalue weighted by Crippen LogP contribution is -2.31. The van der Waals surface area contributed by atoms with Gasteiger partial charge in [-0.2, -0.15) is 0 Å². The molecular weight excluding hydrogens is 401 g/mol. The summed E-state index contributed by atoms with van der Waals surface area (Å²) in [5.74, 6) is -1.03. The van der Waals surface area contributed by atoms with Gasteiger partial charge < -0.3 is 10.2 Å². The summed E-state index contributed by atoms with van der Waals surface area (Å²) in [4.78, 5) is 30.6. The maximum Gasteiger partial charge on any atom is 0.258 e. The molecule has 1 amide bonds. The molecule has 0 radical (unpaired) electrons. The van der Waals surface area contributed by atoms with Crippen molar-refractivity contribution in [1.29, 1.82) is 0 Å². The highest BCUT2D eigenvalue weighted by molar-refractivity contribution is 7.13. The maximum atomic E-state index is 14.0. The number of aryl methyl sites for hydroxylation is 1. The van der Waals surface area contributed by atoms with E-state index in [1.165, 1.54) is 6.07 Å². The van der Waals surface area contributed by atoms with Crippen molar-refractivity contribution < 1.29 is 14.0 Å². The Bertz CT molecular complexity index is 1090. The van der Waals surface area contributed by atoms with E-state index in [0.717, 1.165) is 34.7 Å². The summed E-state index contributed by atoms with van der Waals surface area (Å²) in [6, 6.07) is 11.8. The van der Waals surface area contributed by atoms with Crippen LogP contribution in [0.2, 0.25) is 0 Å². The minimum atomic E-state index is -0.547. The molecule has 0 aliphatic carbocycles. The first kappa shape index (κ1) is 20.0. The van der Waals surface area contributed by atoms with Gasteiger partial charge in [-0.3, -0.25) is 9.59 Å². The summed E-state index contributed by atoms with van der Waals surface area (Å²) in [7, 11) is 0. The van der Waals surface area contributed by atoms with Crippen LogP contribution in [0.3, 0.4) is 0 Å². The number of halogens is 1. The molecule has 0 atom stereocenters. The Labute approximate surface area is 177 Å². The minimum Gasteiger partial charge on any atom is -0.343 e. The van der Waals surface area contributed by atoms with Crippen LogP contribution in [0.15, 0.2) is 59.6 Å². The van der Waals surface area contributed by atoms with E-state index in [9.17, 15) is 14.0 Å². The lowest BCUT2D eigenvalue weighted by atomic mass is 9.94. The number of benzene rings is 2. The second-order valence-electron chi connectivity index (χ2n) is 7.07. The van der Waals surface area contributed by atoms with Gasteiger partial charge in [0.25, 0.3) is 5.91 Å². The molecule has 1 aliphatic rings. The van der Waals surface area contributed by atoms with Crippen molar-refractivity contribution in [3.05, 3.63) is 82.1 Å². The Kier molecular flexibility index (Phi) is 5.72. The molecule has 30 heavy (non-hydrogen) atoms. The van der Waals surface area contributed by atoms with Crippen LogP contribution in [0.1, 0.15) is 27.9 Å². The number of nitrogens with one attached hydrogen (secondary N) is 1. The highest BCUT2D eigenvalue weighted by Gasteiger charge is 2.22. The van der Waals surface area contributed by atoms with Crippen molar-refractivity contribution in [1.82, 2.24) is 4.98 Å². The molecule has 1 aliphatic heterocycles. The van der Waals surface area contributed by atoms with Gasteiger partial charge in [0, 0.05) is 30.4 Å². The zero-order valence-electron chi connectivity index (χ0n) is 16.4. The second-order valence-corrected chi connectivity index (χ2v) is 7.94. The predicted molar refractivity (Wildman–Crippen MR) is 117 cm³/mol. The van der Waals surface area contributed by atoms with Crippen LogP contribution in [0.4, 0.5) is 15.2 Å². The number of anilines is 2. The molecule has 0 saturated heterocycles. The number of carbonyl (C=O) groups is 2. The van der Waals surface area contributed by atoms with E-state index in [0.29, 0.717) is 24.2 Å². The molecule has 1 aromatic heterocycles. The fourth-order valence-corrected chi connectivity index (χ4v) is 4.26. The largest absolute Gasteiger partial charge is 0.343 e. The minimum absolute atomic E-state index is 0.0406. The van der Waals surface area contributed by atoms with Gasteiger partial charge in [-0.1, -0.05) is 24.3 Å². The van der Waals surface area contributed by atoms with Crippen LogP contribution in [-0.4, -0.2) is 30.3 Å². The topological polar surface area (TPSA) is 62.3 Å². The van der Waals surface area contributed by atoms with E-state index in [1.807, 2.05) is 17.5 Å². The van der Waals surface area contributed by atoms with Gasteiger partial charge in [0.1, 0.15) is 12.1 Å². The molecule has 2 aromatic carbocycles. The van der Waals surface area contributed by atoms with Crippen molar-refractivity contribution in [2.45, 2.75) is 13.3 Å². The number of carbonyl (C=O) groups excluding carboxylic acids is 2. The smallest absolute Gasteiger partial charge is 0.258 e. The molecule has 0 unspecified atom stereocenters. The molecule has 0 saturated carbocycles. The number of amides is 1. The Balaban J connectivity index is 1.54. The molecule has 7 heteroatoms. The molecule has 3 aromatic rings. The van der Waals surface area contributed by atoms with Crippen LogP contribution in [0.5, 0.6) is 0 Å². The summed E-state index contributed by atoms with van der Waals surface area (Å²) in [6.07, 6.45) is 3.35. The Morgan fingerprint density at radius 1 is 1.23 bits per heavy atom. The molecule has 152 valence electrons. The molecule has 2 heterocycles. The van der Waals surface area contributed by atoms with Gasteiger partial charge >= 0.3 is 0 Å². The summed E-state index contributed by atoms with van der Waals surface area (Å²) < 4.78 is 14.0. The van der Waals surface area contributed by atoms with E-state index in [2.05, 4.69) is 15.2 Å². The number of aromatic nitrogens is 1. The van der Waals surface area contributed by atoms with Crippen LogP contribution >= 0.6 is 11.3 Å². The van der Waals surface area contributed by atoms with E-state index in [4.69, 9.17) is 0 Å². The second kappa shape index (κ2) is 8.59. The average Bonchev–Trinajstić information content (AvgIpc) is 3.29. The number of thiazole rings is 1. The van der Waals surface area contributed by atoms with Gasteiger partial charge in [-0.25, -0.2) is 9.37 Å². The lowest BCUT2D eigenvalue weighted by molar-refractivity contribution is -0.105. The number of nitrogens with zero attached hydrogens (tertiary/aromatic N) is 2. The fourth-order valence-electron chi connectivity index (χ4n) is 3.59. The summed E-state index contributed by atoms with van der Waals surface area (Å²) in [6.45, 7) is 3.05. The van der Waals surface area contributed by atoms with Crippen LogP contribution in [0, 0.1) is 12.7 Å². The van der Waals surface area contributed by atoms with E-state index in [1.54, 1.807) is 48.7 Å². The third kappa shape index (κ3) is 4.02. The SMILES string of the molecule is Cc1cccc(F)c1C(=O)Nc1ccc(C2=C(C=O)CCN(c3nccs3)C2)cc1. The molecule has 0 spiro atoms. The van der Waals surface area contributed by atoms with Gasteiger partial charge in [0.15, 0.2) is 5.13 Å². The van der Waals surface area contributed by atoms with Crippen molar-refractivity contribution in [3.63, 3.8) is 0 Å². The molecule has 1 N–H and O–H groups in total. The summed E-state index contributed by atoms with van der Waals surface area (Å²) in [5, 5.41) is 5.61. The standard InChI is InChI=1S/C23H20FN3O2S/c1-15-3-2-4-20(24)21(15)22(29)26-18-7-5-16(6-8-18)19-13-27(11-9-17(19)14-28)23-25-10-12-30-23/h2-8,10,12,14H,9,11,13H2,1H3,(H,26,29). The van der Waals surface area contributed by atoms with Gasteiger partial charge in [0.05, 0.1) is 5.56 Å². The highest BCUT2D eigenvalue weighted by Crippen LogP contribution is 2.30.